The van der Waals surface area contributed by atoms with Gasteiger partial charge in [-0.3, -0.25) is 0 Å². The van der Waals surface area contributed by atoms with Crippen molar-refractivity contribution in [3.05, 3.63) is 149 Å². The molecular weight excluding hydrogens is 821 g/mol. The highest BCUT2D eigenvalue weighted by atomic mass is 16.6. The van der Waals surface area contributed by atoms with Gasteiger partial charge in [-0.05, 0) is 143 Å². The number of benzene rings is 6. The lowest BCUT2D eigenvalue weighted by Crippen LogP contribution is -2.13. The van der Waals surface area contributed by atoms with E-state index in [2.05, 4.69) is 0 Å². The Labute approximate surface area is 371 Å². The van der Waals surface area contributed by atoms with E-state index in [1.54, 1.807) is 73.7 Å². The Kier molecular flexibility index (Phi) is 15.6. The van der Waals surface area contributed by atoms with Crippen LogP contribution in [0.4, 0.5) is 0 Å². The Morgan fingerprint density at radius 1 is 0.344 bits per heavy atom. The fourth-order valence-electron chi connectivity index (χ4n) is 6.32. The second kappa shape index (κ2) is 21.8. The molecule has 0 amide bonds. The van der Waals surface area contributed by atoms with Crippen LogP contribution < -0.4 is 42.6 Å². The molecule has 0 bridgehead atoms. The molecule has 6 aromatic rings. The number of ether oxygens (including phenoxy) is 9. The van der Waals surface area contributed by atoms with Crippen molar-refractivity contribution in [1.82, 2.24) is 0 Å². The van der Waals surface area contributed by atoms with Crippen molar-refractivity contribution in [2.45, 2.75) is 41.5 Å². The maximum absolute atomic E-state index is 13.2. The molecule has 0 aliphatic heterocycles. The molecule has 0 aromatic heterocycles. The van der Waals surface area contributed by atoms with Crippen molar-refractivity contribution >= 4 is 23.9 Å². The van der Waals surface area contributed by atoms with Crippen molar-refractivity contribution in [3.63, 3.8) is 0 Å². The fourth-order valence-corrected chi connectivity index (χ4v) is 6.32. The zero-order chi connectivity index (χ0) is 45.6. The molecule has 0 radical (unpaired) electrons. The maximum Gasteiger partial charge on any atom is 0.347 e. The van der Waals surface area contributed by atoms with Crippen LogP contribution in [0.3, 0.4) is 0 Å². The van der Waals surface area contributed by atoms with Gasteiger partial charge in [0.15, 0.2) is 11.5 Å². The number of carbonyl (C=O) groups excluding carboxylic acids is 4. The molecule has 13 nitrogen and oxygen atoms in total. The Hall–Kier alpha value is -7.80. The molecule has 0 fully saturated rings. The van der Waals surface area contributed by atoms with E-state index in [4.69, 9.17) is 42.6 Å². The van der Waals surface area contributed by atoms with Crippen LogP contribution in [-0.4, -0.2) is 56.9 Å². The molecule has 0 heterocycles. The van der Waals surface area contributed by atoms with Gasteiger partial charge in [-0.2, -0.15) is 0 Å². The molecule has 0 saturated carbocycles. The highest BCUT2D eigenvalue weighted by Crippen LogP contribution is 2.36. The van der Waals surface area contributed by atoms with E-state index in [9.17, 15) is 19.2 Å². The highest BCUT2D eigenvalue weighted by molar-refractivity contribution is 5.96. The average Bonchev–Trinajstić information content (AvgIpc) is 3.29. The van der Waals surface area contributed by atoms with Crippen molar-refractivity contribution in [2.75, 3.05) is 33.0 Å². The summed E-state index contributed by atoms with van der Waals surface area (Å²) in [4.78, 5) is 52.3. The van der Waals surface area contributed by atoms with Gasteiger partial charge in [0.1, 0.15) is 51.4 Å². The van der Waals surface area contributed by atoms with Gasteiger partial charge in [0.05, 0.1) is 44.2 Å². The first-order valence-corrected chi connectivity index (χ1v) is 20.8. The minimum atomic E-state index is -0.670. The van der Waals surface area contributed by atoms with Crippen LogP contribution in [0.15, 0.2) is 121 Å². The summed E-state index contributed by atoms with van der Waals surface area (Å²) in [6, 6.07) is 32.3. The summed E-state index contributed by atoms with van der Waals surface area (Å²) in [6.45, 7) is 12.9. The van der Waals surface area contributed by atoms with E-state index < -0.39 is 23.9 Å². The van der Waals surface area contributed by atoms with Crippen LogP contribution in [-0.2, 0) is 0 Å². The lowest BCUT2D eigenvalue weighted by molar-refractivity contribution is 0.0716. The van der Waals surface area contributed by atoms with E-state index in [1.165, 1.54) is 54.6 Å². The van der Waals surface area contributed by atoms with Gasteiger partial charge in [0, 0.05) is 12.1 Å². The lowest BCUT2D eigenvalue weighted by atomic mass is 10.1. The number of hydrogen-bond acceptors (Lipinski definition) is 13. The second-order valence-corrected chi connectivity index (χ2v) is 13.7. The zero-order valence-electron chi connectivity index (χ0n) is 36.4. The first-order chi connectivity index (χ1) is 31.0. The van der Waals surface area contributed by atoms with E-state index in [-0.39, 0.29) is 33.8 Å². The average molecular weight is 869 g/mol. The van der Waals surface area contributed by atoms with E-state index in [0.29, 0.717) is 73.3 Å². The Balaban J connectivity index is 1.01. The molecule has 0 saturated heterocycles. The lowest BCUT2D eigenvalue weighted by Gasteiger charge is -2.16. The summed E-state index contributed by atoms with van der Waals surface area (Å²) in [7, 11) is 0. The van der Waals surface area contributed by atoms with E-state index in [0.717, 1.165) is 16.7 Å². The van der Waals surface area contributed by atoms with Gasteiger partial charge in [-0.25, -0.2) is 19.2 Å². The van der Waals surface area contributed by atoms with Gasteiger partial charge in [-0.15, -0.1) is 0 Å². The Bertz CT molecular complexity index is 2560. The van der Waals surface area contributed by atoms with Crippen molar-refractivity contribution in [1.29, 1.82) is 0 Å². The van der Waals surface area contributed by atoms with Crippen LogP contribution in [0, 0.1) is 6.92 Å². The molecular formula is C51H48O13. The second-order valence-electron chi connectivity index (χ2n) is 13.7. The molecule has 0 unspecified atom stereocenters. The molecule has 6 rings (SSSR count). The summed E-state index contributed by atoms with van der Waals surface area (Å²) in [6.07, 6.45) is 0. The molecule has 0 aliphatic carbocycles. The first-order valence-electron chi connectivity index (χ1n) is 20.8. The van der Waals surface area contributed by atoms with Gasteiger partial charge in [0.25, 0.3) is 0 Å². The topological polar surface area (TPSA) is 151 Å². The molecule has 64 heavy (non-hydrogen) atoms. The summed E-state index contributed by atoms with van der Waals surface area (Å²) in [5.41, 5.74) is 3.37. The van der Waals surface area contributed by atoms with E-state index in [1.807, 2.05) is 34.6 Å². The maximum atomic E-state index is 13.2. The third-order valence-electron chi connectivity index (χ3n) is 9.33. The van der Waals surface area contributed by atoms with Crippen molar-refractivity contribution in [2.24, 2.45) is 0 Å². The van der Waals surface area contributed by atoms with Crippen LogP contribution in [0.1, 0.15) is 81.6 Å². The quantitative estimate of drug-likeness (QED) is 0.0561. The van der Waals surface area contributed by atoms with Crippen molar-refractivity contribution < 1.29 is 61.8 Å². The van der Waals surface area contributed by atoms with Gasteiger partial charge in [-0.1, -0.05) is 24.3 Å². The Morgan fingerprint density at radius 3 is 1.03 bits per heavy atom. The van der Waals surface area contributed by atoms with Crippen LogP contribution in [0.25, 0.3) is 11.1 Å². The predicted molar refractivity (Wildman–Crippen MR) is 238 cm³/mol. The highest BCUT2D eigenvalue weighted by Gasteiger charge is 2.22. The van der Waals surface area contributed by atoms with Crippen molar-refractivity contribution in [3.8, 4) is 62.9 Å². The summed E-state index contributed by atoms with van der Waals surface area (Å²) >= 11 is 0. The normalized spacial score (nSPS) is 10.6. The molecule has 6 aromatic carbocycles. The van der Waals surface area contributed by atoms with E-state index >= 15 is 0 Å². The molecule has 13 heteroatoms. The SMILES string of the molecule is CCOc1cc(C(=O)Oc2ccc(C(=O)Oc3ccc(-c4ccc(OC(=O)c5ccc(OC(=O)c6cc(OCC)c(OCC)cc6OCC)cc5)cc4)cc3)cc2)c(OCC)cc1C. The molecule has 0 aliphatic rings. The molecule has 330 valence electrons. The third-order valence-corrected chi connectivity index (χ3v) is 9.33. The van der Waals surface area contributed by atoms with Crippen LogP contribution in [0.5, 0.6) is 51.7 Å². The number of esters is 4. The van der Waals surface area contributed by atoms with Crippen LogP contribution in [0.2, 0.25) is 0 Å². The number of hydrogen-bond donors (Lipinski definition) is 0. The van der Waals surface area contributed by atoms with Gasteiger partial charge >= 0.3 is 23.9 Å². The zero-order valence-corrected chi connectivity index (χ0v) is 36.4. The first kappa shape index (κ1) is 45.7. The molecule has 0 atom stereocenters. The summed E-state index contributed by atoms with van der Waals surface area (Å²) in [5, 5.41) is 0. The molecule has 0 N–H and O–H groups in total. The smallest absolute Gasteiger partial charge is 0.347 e. The van der Waals surface area contributed by atoms with Crippen LogP contribution >= 0.6 is 0 Å². The monoisotopic (exact) mass is 868 g/mol. The number of carbonyl (C=O) groups is 4. The number of aryl methyl sites for hydroxylation is 1. The van der Waals surface area contributed by atoms with Gasteiger partial charge < -0.3 is 42.6 Å². The Morgan fingerprint density at radius 2 is 0.641 bits per heavy atom. The third kappa shape index (κ3) is 11.6. The number of rotatable bonds is 19. The molecule has 0 spiro atoms. The summed E-state index contributed by atoms with van der Waals surface area (Å²) in [5.74, 6) is 0.672. The fraction of sp³-hybridized carbons (Fsp3) is 0.216. The predicted octanol–water partition coefficient (Wildman–Crippen LogP) is 10.5. The minimum absolute atomic E-state index is 0.162. The standard InChI is InChI=1S/C51H48O13/c1-7-56-43-29-41(44(57-8-2)28-32(43)6)50(54)63-39-24-16-35(17-25-39)48(52)61-37-20-12-33(13-21-37)34-14-22-38(23-15-34)62-49(53)36-18-26-40(27-19-36)64-51(55)42-30-46(59-10-4)47(60-11-5)31-45(42)58-9-3/h12-31H,7-11H2,1-6H3. The van der Waals surface area contributed by atoms with Gasteiger partial charge in [0.2, 0.25) is 0 Å². The largest absolute Gasteiger partial charge is 0.494 e. The summed E-state index contributed by atoms with van der Waals surface area (Å²) < 4.78 is 50.7. The minimum Gasteiger partial charge on any atom is -0.494 e.